The van der Waals surface area contributed by atoms with Crippen LogP contribution in [0, 0.1) is 0 Å². The monoisotopic (exact) mass is 238 g/mol. The molecule has 1 rings (SSSR count). The first kappa shape index (κ1) is 13.1. The van der Waals surface area contributed by atoms with E-state index >= 15 is 0 Å². The van der Waals surface area contributed by atoms with Crippen LogP contribution in [0.25, 0.3) is 0 Å². The third-order valence-corrected chi connectivity index (χ3v) is 2.20. The molecule has 6 nitrogen and oxygen atoms in total. The number of carbonyl (C=O) groups is 2. The number of rotatable bonds is 5. The van der Waals surface area contributed by atoms with Gasteiger partial charge in [0.2, 0.25) is 5.91 Å². The Kier molecular flexibility index (Phi) is 4.62. The number of carboxylic acids is 1. The fraction of sp³-hybridized carbons (Fsp3) is 0.273. The third-order valence-electron chi connectivity index (χ3n) is 2.20. The van der Waals surface area contributed by atoms with Gasteiger partial charge in [0.1, 0.15) is 6.04 Å². The molecule has 0 bridgehead atoms. The molecule has 1 unspecified atom stereocenters. The van der Waals surface area contributed by atoms with Gasteiger partial charge in [-0.15, -0.1) is 0 Å². The van der Waals surface area contributed by atoms with Gasteiger partial charge >= 0.3 is 5.97 Å². The molecule has 1 aromatic rings. The predicted molar refractivity (Wildman–Crippen MR) is 60.0 cm³/mol. The van der Waals surface area contributed by atoms with E-state index in [1.807, 2.05) is 0 Å². The van der Waals surface area contributed by atoms with E-state index in [1.165, 1.54) is 0 Å². The number of aliphatic hydroxyl groups is 1. The molecule has 0 aromatic heterocycles. The van der Waals surface area contributed by atoms with Gasteiger partial charge in [-0.05, 0) is 5.56 Å². The smallest absolute Gasteiger partial charge is 0.334 e. The second kappa shape index (κ2) is 5.97. The lowest BCUT2D eigenvalue weighted by molar-refractivity contribution is -0.146. The first-order valence-electron chi connectivity index (χ1n) is 5.01. The van der Waals surface area contributed by atoms with Crippen LogP contribution in [-0.2, 0) is 9.59 Å². The minimum absolute atomic E-state index is 0.366. The van der Waals surface area contributed by atoms with Crippen LogP contribution in [-0.4, -0.2) is 34.7 Å². The Morgan fingerprint density at radius 3 is 2.41 bits per heavy atom. The molecule has 1 amide bonds. The van der Waals surface area contributed by atoms with E-state index in [1.54, 1.807) is 30.3 Å². The summed E-state index contributed by atoms with van der Waals surface area (Å²) in [5.41, 5.74) is 6.28. The number of carbonyl (C=O) groups excluding carboxylic acids is 1. The van der Waals surface area contributed by atoms with Gasteiger partial charge < -0.3 is 21.3 Å². The summed E-state index contributed by atoms with van der Waals surface area (Å²) in [4.78, 5) is 21.8. The van der Waals surface area contributed by atoms with Gasteiger partial charge in [0.05, 0.1) is 6.54 Å². The molecule has 0 fully saturated rings. The molecule has 92 valence electrons. The number of hydrogen-bond acceptors (Lipinski definition) is 4. The molecule has 0 radical (unpaired) electrons. The van der Waals surface area contributed by atoms with E-state index in [9.17, 15) is 9.59 Å². The quantitative estimate of drug-likeness (QED) is 0.539. The average Bonchev–Trinajstić information content (AvgIpc) is 2.35. The van der Waals surface area contributed by atoms with Crippen LogP contribution in [0.2, 0.25) is 0 Å². The summed E-state index contributed by atoms with van der Waals surface area (Å²) in [6, 6.07) is 7.79. The summed E-state index contributed by atoms with van der Waals surface area (Å²) in [5, 5.41) is 19.7. The Balaban J connectivity index is 2.51. The van der Waals surface area contributed by atoms with Crippen molar-refractivity contribution in [2.75, 3.05) is 6.54 Å². The largest absolute Gasteiger partial charge is 0.479 e. The van der Waals surface area contributed by atoms with Crippen LogP contribution in [0.1, 0.15) is 11.6 Å². The van der Waals surface area contributed by atoms with E-state index in [2.05, 4.69) is 5.32 Å². The summed E-state index contributed by atoms with van der Waals surface area (Å²) < 4.78 is 0. The molecule has 0 heterocycles. The summed E-state index contributed by atoms with van der Waals surface area (Å²) >= 11 is 0. The van der Waals surface area contributed by atoms with Gasteiger partial charge in [0, 0.05) is 0 Å². The van der Waals surface area contributed by atoms with Crippen molar-refractivity contribution in [1.82, 2.24) is 5.32 Å². The fourth-order valence-electron chi connectivity index (χ4n) is 1.21. The second-order valence-electron chi connectivity index (χ2n) is 3.49. The van der Waals surface area contributed by atoms with E-state index in [-0.39, 0.29) is 6.54 Å². The second-order valence-corrected chi connectivity index (χ2v) is 3.49. The van der Waals surface area contributed by atoms with Gasteiger partial charge in [-0.25, -0.2) is 4.79 Å². The van der Waals surface area contributed by atoms with Crippen molar-refractivity contribution in [3.8, 4) is 0 Å². The fourth-order valence-corrected chi connectivity index (χ4v) is 1.21. The number of hydrogen-bond donors (Lipinski definition) is 4. The van der Waals surface area contributed by atoms with Crippen LogP contribution >= 0.6 is 0 Å². The lowest BCUT2D eigenvalue weighted by Gasteiger charge is -2.13. The Bertz CT molecular complexity index is 394. The highest BCUT2D eigenvalue weighted by Crippen LogP contribution is 2.08. The summed E-state index contributed by atoms with van der Waals surface area (Å²) in [7, 11) is 0. The molecular formula is C11H14N2O4. The Hall–Kier alpha value is -1.92. The van der Waals surface area contributed by atoms with E-state index in [4.69, 9.17) is 15.9 Å². The molecule has 0 spiro atoms. The summed E-state index contributed by atoms with van der Waals surface area (Å²) in [5.74, 6) is -1.92. The van der Waals surface area contributed by atoms with Crippen molar-refractivity contribution in [3.05, 3.63) is 35.9 Å². The zero-order chi connectivity index (χ0) is 12.8. The van der Waals surface area contributed by atoms with Crippen LogP contribution in [0.15, 0.2) is 30.3 Å². The minimum Gasteiger partial charge on any atom is -0.479 e. The van der Waals surface area contributed by atoms with Crippen molar-refractivity contribution >= 4 is 11.9 Å². The molecular weight excluding hydrogens is 224 g/mol. The van der Waals surface area contributed by atoms with Crippen molar-refractivity contribution < 1.29 is 19.8 Å². The highest BCUT2D eigenvalue weighted by atomic mass is 16.4. The lowest BCUT2D eigenvalue weighted by Crippen LogP contribution is -2.40. The predicted octanol–water partition coefficient (Wildman–Crippen LogP) is -0.752. The number of nitrogens with one attached hydrogen (secondary N) is 1. The first-order valence-corrected chi connectivity index (χ1v) is 5.01. The highest BCUT2D eigenvalue weighted by molar-refractivity contribution is 5.83. The van der Waals surface area contributed by atoms with Crippen molar-refractivity contribution in [2.45, 2.75) is 12.1 Å². The number of nitrogens with two attached hydrogens (primary N) is 1. The molecule has 0 aliphatic carbocycles. The third kappa shape index (κ3) is 3.86. The first-order chi connectivity index (χ1) is 8.02. The SMILES string of the molecule is N[C@@H](C(=O)NCC(O)C(=O)O)c1ccccc1. The van der Waals surface area contributed by atoms with Crippen molar-refractivity contribution in [3.63, 3.8) is 0 Å². The Labute approximate surface area is 98.1 Å². The molecule has 6 heteroatoms. The maximum Gasteiger partial charge on any atom is 0.334 e. The Morgan fingerprint density at radius 1 is 1.29 bits per heavy atom. The highest BCUT2D eigenvalue weighted by Gasteiger charge is 2.18. The zero-order valence-electron chi connectivity index (χ0n) is 9.04. The molecule has 1 aromatic carbocycles. The number of benzene rings is 1. The molecule has 0 aliphatic rings. The lowest BCUT2D eigenvalue weighted by atomic mass is 10.1. The maximum atomic E-state index is 11.5. The summed E-state index contributed by atoms with van der Waals surface area (Å²) in [6.07, 6.45) is -1.62. The maximum absolute atomic E-state index is 11.5. The molecule has 0 aliphatic heterocycles. The van der Waals surface area contributed by atoms with Crippen LogP contribution < -0.4 is 11.1 Å². The Morgan fingerprint density at radius 2 is 1.88 bits per heavy atom. The van der Waals surface area contributed by atoms with E-state index in [0.717, 1.165) is 0 Å². The van der Waals surface area contributed by atoms with Crippen molar-refractivity contribution in [2.24, 2.45) is 5.73 Å². The standard InChI is InChI=1S/C11H14N2O4/c12-9(7-4-2-1-3-5-7)10(15)13-6-8(14)11(16)17/h1-5,8-9,14H,6,12H2,(H,13,15)(H,16,17)/t8?,9-/m1/s1. The van der Waals surface area contributed by atoms with Gasteiger partial charge in [-0.2, -0.15) is 0 Å². The van der Waals surface area contributed by atoms with E-state index < -0.39 is 24.0 Å². The van der Waals surface area contributed by atoms with Gasteiger partial charge in [0.15, 0.2) is 6.10 Å². The molecule has 17 heavy (non-hydrogen) atoms. The number of aliphatic carboxylic acids is 1. The normalized spacial score (nSPS) is 13.8. The zero-order valence-corrected chi connectivity index (χ0v) is 9.04. The van der Waals surface area contributed by atoms with Gasteiger partial charge in [0.25, 0.3) is 0 Å². The average molecular weight is 238 g/mol. The molecule has 0 saturated carbocycles. The molecule has 5 N–H and O–H groups in total. The summed E-state index contributed by atoms with van der Waals surface area (Å²) in [6.45, 7) is -0.366. The number of aliphatic hydroxyl groups excluding tert-OH is 1. The molecule has 2 atom stereocenters. The number of carboxylic acid groups (broad SMARTS) is 1. The minimum atomic E-state index is -1.62. The molecule has 0 saturated heterocycles. The van der Waals surface area contributed by atoms with Crippen LogP contribution in [0.3, 0.4) is 0 Å². The van der Waals surface area contributed by atoms with Crippen LogP contribution in [0.4, 0.5) is 0 Å². The van der Waals surface area contributed by atoms with Gasteiger partial charge in [-0.1, -0.05) is 30.3 Å². The number of amides is 1. The van der Waals surface area contributed by atoms with E-state index in [0.29, 0.717) is 5.56 Å². The topological polar surface area (TPSA) is 113 Å². The van der Waals surface area contributed by atoms with Crippen LogP contribution in [0.5, 0.6) is 0 Å². The van der Waals surface area contributed by atoms with Gasteiger partial charge in [-0.3, -0.25) is 4.79 Å². The van der Waals surface area contributed by atoms with Crippen molar-refractivity contribution in [1.29, 1.82) is 0 Å².